The molecule has 2 N–H and O–H groups in total. The van der Waals surface area contributed by atoms with Crippen LogP contribution in [0, 0.1) is 0 Å². The summed E-state index contributed by atoms with van der Waals surface area (Å²) in [7, 11) is -3.92. The van der Waals surface area contributed by atoms with Gasteiger partial charge in [0.05, 0.1) is 5.25 Å². The zero-order valence-electron chi connectivity index (χ0n) is 19.2. The summed E-state index contributed by atoms with van der Waals surface area (Å²) < 4.78 is 28.0. The van der Waals surface area contributed by atoms with Crippen molar-refractivity contribution >= 4 is 27.8 Å². The van der Waals surface area contributed by atoms with E-state index in [-0.39, 0.29) is 64.0 Å². The largest absolute Gasteiger partial charge is 1.00 e. The molecule has 0 aromatic heterocycles. The predicted molar refractivity (Wildman–Crippen MR) is 120 cm³/mol. The third-order valence-corrected chi connectivity index (χ3v) is 8.14. The molecule has 1 fully saturated rings. The molecule has 1 saturated heterocycles. The van der Waals surface area contributed by atoms with Crippen molar-refractivity contribution in [3.05, 3.63) is 33.6 Å². The van der Waals surface area contributed by atoms with Crippen LogP contribution in [0.15, 0.2) is 6.07 Å². The fourth-order valence-corrected chi connectivity index (χ4v) is 6.32. The van der Waals surface area contributed by atoms with Crippen LogP contribution in [-0.2, 0) is 35.7 Å². The first kappa shape index (κ1) is 26.0. The van der Waals surface area contributed by atoms with Crippen molar-refractivity contribution in [2.75, 3.05) is 18.4 Å². The Labute approximate surface area is 233 Å². The average Bonchev–Trinajstić information content (AvgIpc) is 3.36. The number of fused-ring (bicyclic) bond motifs is 2. The van der Waals surface area contributed by atoms with E-state index in [1.165, 1.54) is 16.0 Å². The Kier molecular flexibility index (Phi) is 8.71. The van der Waals surface area contributed by atoms with Gasteiger partial charge >= 0.3 is 57.4 Å². The smallest absolute Gasteiger partial charge is 0.435 e. The fourth-order valence-electron chi connectivity index (χ4n) is 4.99. The fraction of sp³-hybridized carbons (Fsp3) is 0.636. The topological polar surface area (TPSA) is 110 Å². The van der Waals surface area contributed by atoms with Gasteiger partial charge < -0.3 is 15.5 Å². The molecule has 0 radical (unpaired) electrons. The van der Waals surface area contributed by atoms with Crippen LogP contribution in [0.1, 0.15) is 61.8 Å². The van der Waals surface area contributed by atoms with Gasteiger partial charge in [-0.2, -0.15) is 0 Å². The second kappa shape index (κ2) is 10.7. The Bertz CT molecular complexity index is 964. The summed E-state index contributed by atoms with van der Waals surface area (Å²) >= 11 is 0. The quantitative estimate of drug-likeness (QED) is 0.604. The van der Waals surface area contributed by atoms with Gasteiger partial charge in [0.25, 0.3) is 0 Å². The Morgan fingerprint density at radius 1 is 1.06 bits per heavy atom. The molecule has 1 unspecified atom stereocenters. The van der Waals surface area contributed by atoms with Crippen LogP contribution in [0.2, 0.25) is 0 Å². The summed E-state index contributed by atoms with van der Waals surface area (Å²) in [5.41, 5.74) is 5.66. The molecule has 10 heteroatoms. The molecule has 1 aromatic carbocycles. The number of aryl methyl sites for hydroxylation is 2. The van der Waals surface area contributed by atoms with Crippen molar-refractivity contribution in [3.63, 3.8) is 0 Å². The van der Waals surface area contributed by atoms with Gasteiger partial charge in [-0.15, -0.1) is 0 Å². The molecule has 1 aliphatic heterocycles. The van der Waals surface area contributed by atoms with Crippen molar-refractivity contribution < 1.29 is 69.4 Å². The van der Waals surface area contributed by atoms with Crippen LogP contribution < -0.4 is 61.4 Å². The first-order valence-corrected chi connectivity index (χ1v) is 12.8. The second-order valence-electron chi connectivity index (χ2n) is 9.05. The van der Waals surface area contributed by atoms with Gasteiger partial charge in [0.2, 0.25) is 10.0 Å². The van der Waals surface area contributed by atoms with Gasteiger partial charge in [-0.3, -0.25) is 4.79 Å². The monoisotopic (exact) mass is 486 g/mol. The summed E-state index contributed by atoms with van der Waals surface area (Å²) in [6, 6.07) is 1.00. The van der Waals surface area contributed by atoms with Crippen molar-refractivity contribution in [2.45, 2.75) is 76.5 Å². The molecular weight excluding hydrogens is 455 g/mol. The standard InChI is InChI=1S/C22H32N4O4S.K/c1-14(2)23-22(28)26-11-5-8-17(13-26)31(29,30)25-21(27)24-20-18-9-3-6-15(18)12-16-7-4-10-19(16)20;/h12,14,17H,3-11,13H2,1-2H3,(H3,23,24,25,27,28);/q;+1/p-1. The second-order valence-corrected chi connectivity index (χ2v) is 11.0. The van der Waals surface area contributed by atoms with Crippen molar-refractivity contribution in [2.24, 2.45) is 0 Å². The summed E-state index contributed by atoms with van der Waals surface area (Å²) in [6.07, 6.45) is 6.90. The minimum absolute atomic E-state index is 0. The van der Waals surface area contributed by atoms with E-state index < -0.39 is 27.3 Å². The zero-order chi connectivity index (χ0) is 22.2. The van der Waals surface area contributed by atoms with E-state index in [4.69, 9.17) is 0 Å². The summed E-state index contributed by atoms with van der Waals surface area (Å²) in [5, 5.41) is 6.03. The van der Waals surface area contributed by atoms with Gasteiger partial charge in [-0.1, -0.05) is 26.3 Å². The van der Waals surface area contributed by atoms with Gasteiger partial charge in [0, 0.05) is 5.69 Å². The number of hydrogen-bond acceptors (Lipinski definition) is 4. The Morgan fingerprint density at radius 3 is 2.28 bits per heavy atom. The van der Waals surface area contributed by atoms with Gasteiger partial charge in [-0.05, 0) is 86.3 Å². The Hall–Kier alpha value is -0.654. The summed E-state index contributed by atoms with van der Waals surface area (Å²) in [5.74, 6) is 0. The third kappa shape index (κ3) is 5.70. The van der Waals surface area contributed by atoms with Crippen LogP contribution in [0.25, 0.3) is 5.32 Å². The SMILES string of the molecule is CC(C)[N-]C(=O)N1CCCC(S(=O)(=O)NC(=O)Nc2c3c(cc4c2CCC4)CCC3)C1.[K+]. The van der Waals surface area contributed by atoms with Crippen LogP contribution in [0.3, 0.4) is 0 Å². The van der Waals surface area contributed by atoms with E-state index in [1.54, 1.807) is 13.8 Å². The number of benzene rings is 1. The van der Waals surface area contributed by atoms with Crippen LogP contribution in [-0.4, -0.2) is 49.8 Å². The molecule has 2 aliphatic carbocycles. The number of amides is 4. The molecule has 0 bridgehead atoms. The summed E-state index contributed by atoms with van der Waals surface area (Å²) in [6.45, 7) is 4.14. The number of nitrogens with zero attached hydrogens (tertiary/aromatic N) is 2. The minimum atomic E-state index is -3.92. The van der Waals surface area contributed by atoms with Gasteiger partial charge in [0.15, 0.2) is 6.03 Å². The molecular formula is C22H31KN4O4S. The maximum Gasteiger partial charge on any atom is 1.00 e. The molecule has 1 aromatic rings. The number of piperidine rings is 1. The number of sulfonamides is 1. The molecule has 4 amide bonds. The van der Waals surface area contributed by atoms with Crippen molar-refractivity contribution in [1.29, 1.82) is 0 Å². The van der Waals surface area contributed by atoms with Crippen LogP contribution in [0.5, 0.6) is 0 Å². The van der Waals surface area contributed by atoms with E-state index >= 15 is 0 Å². The number of nitrogens with one attached hydrogen (secondary N) is 2. The van der Waals surface area contributed by atoms with Crippen LogP contribution in [0.4, 0.5) is 15.3 Å². The minimum Gasteiger partial charge on any atom is -0.435 e. The molecule has 0 spiro atoms. The van der Waals surface area contributed by atoms with Crippen LogP contribution >= 0.6 is 0 Å². The number of likely N-dealkylation sites (tertiary alicyclic amines) is 1. The van der Waals surface area contributed by atoms with Gasteiger partial charge in [-0.25, -0.2) is 17.9 Å². The van der Waals surface area contributed by atoms with Crippen molar-refractivity contribution in [1.82, 2.24) is 9.62 Å². The molecule has 3 aliphatic rings. The maximum absolute atomic E-state index is 12.9. The molecule has 170 valence electrons. The third-order valence-electron chi connectivity index (χ3n) is 6.40. The first-order chi connectivity index (χ1) is 14.7. The van der Waals surface area contributed by atoms with E-state index in [2.05, 4.69) is 21.4 Å². The van der Waals surface area contributed by atoms with E-state index in [9.17, 15) is 18.0 Å². The molecule has 0 saturated carbocycles. The number of carbonyl (C=O) groups excluding carboxylic acids is 2. The predicted octanol–water partition coefficient (Wildman–Crippen LogP) is 0.486. The Balaban J connectivity index is 0.00000289. The number of anilines is 1. The van der Waals surface area contributed by atoms with E-state index in [0.29, 0.717) is 19.4 Å². The normalized spacial score (nSPS) is 19.7. The molecule has 1 atom stereocenters. The number of urea groups is 2. The number of carbonyl (C=O) groups is 2. The number of hydrogen-bond donors (Lipinski definition) is 2. The van der Waals surface area contributed by atoms with Gasteiger partial charge in [0.1, 0.15) is 0 Å². The molecule has 8 nitrogen and oxygen atoms in total. The number of rotatable bonds is 4. The molecule has 1 heterocycles. The Morgan fingerprint density at radius 2 is 1.69 bits per heavy atom. The zero-order valence-corrected chi connectivity index (χ0v) is 23.2. The summed E-state index contributed by atoms with van der Waals surface area (Å²) in [4.78, 5) is 26.4. The molecule has 4 rings (SSSR count). The van der Waals surface area contributed by atoms with E-state index in [0.717, 1.165) is 55.3 Å². The first-order valence-electron chi connectivity index (χ1n) is 11.2. The maximum atomic E-state index is 12.9. The average molecular weight is 487 g/mol. The van der Waals surface area contributed by atoms with Crippen molar-refractivity contribution in [3.8, 4) is 0 Å². The molecule has 32 heavy (non-hydrogen) atoms. The van der Waals surface area contributed by atoms with E-state index in [1.807, 2.05) is 0 Å².